The third kappa shape index (κ3) is 5.65. The normalized spacial score (nSPS) is 15.4. The van der Waals surface area contributed by atoms with Crippen LogP contribution in [0.15, 0.2) is 47.3 Å². The number of carbonyl (C=O) groups excluding carboxylic acids is 1. The van der Waals surface area contributed by atoms with Crippen molar-refractivity contribution in [2.24, 2.45) is 0 Å². The summed E-state index contributed by atoms with van der Waals surface area (Å²) in [6.45, 7) is 4.64. The van der Waals surface area contributed by atoms with E-state index in [-0.39, 0.29) is 24.1 Å². The Bertz CT molecular complexity index is 800. The van der Waals surface area contributed by atoms with Gasteiger partial charge in [-0.25, -0.2) is 4.68 Å². The van der Waals surface area contributed by atoms with Crippen molar-refractivity contribution in [1.29, 1.82) is 0 Å². The SMILES string of the molecule is CC(CCc1ccccc1)NC(=O)Cn1nc(N2CCOCC2)ccc1=O. The zero-order valence-corrected chi connectivity index (χ0v) is 15.6. The van der Waals surface area contributed by atoms with Crippen molar-refractivity contribution in [1.82, 2.24) is 15.1 Å². The van der Waals surface area contributed by atoms with Gasteiger partial charge in [-0.05, 0) is 31.4 Å². The minimum absolute atomic E-state index is 0.0239. The molecule has 2 aromatic rings. The number of ether oxygens (including phenoxy) is 1. The van der Waals surface area contributed by atoms with Gasteiger partial charge < -0.3 is 15.0 Å². The smallest absolute Gasteiger partial charge is 0.267 e. The third-order valence-electron chi connectivity index (χ3n) is 4.60. The van der Waals surface area contributed by atoms with Crippen LogP contribution in [0, 0.1) is 0 Å². The molecule has 1 aliphatic rings. The molecule has 1 atom stereocenters. The maximum absolute atomic E-state index is 12.3. The maximum atomic E-state index is 12.3. The Morgan fingerprint density at radius 2 is 1.93 bits per heavy atom. The van der Waals surface area contributed by atoms with Crippen LogP contribution in [0.3, 0.4) is 0 Å². The quantitative estimate of drug-likeness (QED) is 0.793. The number of benzene rings is 1. The molecule has 0 spiro atoms. The van der Waals surface area contributed by atoms with E-state index < -0.39 is 0 Å². The van der Waals surface area contributed by atoms with E-state index in [1.54, 1.807) is 6.07 Å². The van der Waals surface area contributed by atoms with Gasteiger partial charge in [0, 0.05) is 25.2 Å². The van der Waals surface area contributed by atoms with E-state index in [1.807, 2.05) is 25.1 Å². The largest absolute Gasteiger partial charge is 0.378 e. The van der Waals surface area contributed by atoms with Gasteiger partial charge in [-0.3, -0.25) is 9.59 Å². The van der Waals surface area contributed by atoms with Crippen molar-refractivity contribution in [2.45, 2.75) is 32.4 Å². The number of aryl methyl sites for hydroxylation is 1. The molecule has 7 nitrogen and oxygen atoms in total. The molecule has 0 aliphatic carbocycles. The lowest BCUT2D eigenvalue weighted by Crippen LogP contribution is -2.40. The third-order valence-corrected chi connectivity index (χ3v) is 4.60. The van der Waals surface area contributed by atoms with Crippen LogP contribution in [0.25, 0.3) is 0 Å². The number of anilines is 1. The molecule has 1 aromatic carbocycles. The average molecular weight is 370 g/mol. The van der Waals surface area contributed by atoms with Crippen molar-refractivity contribution >= 4 is 11.7 Å². The van der Waals surface area contributed by atoms with Gasteiger partial charge in [0.1, 0.15) is 12.4 Å². The van der Waals surface area contributed by atoms with Crippen LogP contribution in [0.1, 0.15) is 18.9 Å². The molecule has 27 heavy (non-hydrogen) atoms. The topological polar surface area (TPSA) is 76.5 Å². The molecule has 1 N–H and O–H groups in total. The first-order valence-electron chi connectivity index (χ1n) is 9.36. The lowest BCUT2D eigenvalue weighted by Gasteiger charge is -2.27. The molecular formula is C20H26N4O3. The van der Waals surface area contributed by atoms with Crippen molar-refractivity contribution < 1.29 is 9.53 Å². The minimum Gasteiger partial charge on any atom is -0.378 e. The number of hydrogen-bond donors (Lipinski definition) is 1. The summed E-state index contributed by atoms with van der Waals surface area (Å²) in [6, 6.07) is 13.4. The zero-order valence-electron chi connectivity index (χ0n) is 15.6. The summed E-state index contributed by atoms with van der Waals surface area (Å²) >= 11 is 0. The summed E-state index contributed by atoms with van der Waals surface area (Å²) in [5, 5.41) is 7.30. The summed E-state index contributed by atoms with van der Waals surface area (Å²) in [4.78, 5) is 26.4. The molecule has 1 amide bonds. The van der Waals surface area contributed by atoms with Crippen LogP contribution in [-0.2, 0) is 22.5 Å². The molecule has 1 unspecified atom stereocenters. The zero-order chi connectivity index (χ0) is 19.1. The van der Waals surface area contributed by atoms with Gasteiger partial charge in [-0.2, -0.15) is 5.10 Å². The van der Waals surface area contributed by atoms with Gasteiger partial charge >= 0.3 is 0 Å². The molecular weight excluding hydrogens is 344 g/mol. The van der Waals surface area contributed by atoms with E-state index in [2.05, 4.69) is 27.4 Å². The van der Waals surface area contributed by atoms with Crippen molar-refractivity contribution in [3.63, 3.8) is 0 Å². The van der Waals surface area contributed by atoms with E-state index in [0.29, 0.717) is 19.0 Å². The Hall–Kier alpha value is -2.67. The predicted molar refractivity (Wildman–Crippen MR) is 104 cm³/mol. The summed E-state index contributed by atoms with van der Waals surface area (Å²) in [7, 11) is 0. The fourth-order valence-corrected chi connectivity index (χ4v) is 3.07. The first-order chi connectivity index (χ1) is 13.1. The monoisotopic (exact) mass is 370 g/mol. The highest BCUT2D eigenvalue weighted by molar-refractivity contribution is 5.75. The first-order valence-corrected chi connectivity index (χ1v) is 9.36. The molecule has 7 heteroatoms. The summed E-state index contributed by atoms with van der Waals surface area (Å²) < 4.78 is 6.56. The Morgan fingerprint density at radius 3 is 2.67 bits per heavy atom. The van der Waals surface area contributed by atoms with Gasteiger partial charge in [0.05, 0.1) is 13.2 Å². The number of aromatic nitrogens is 2. The number of hydrogen-bond acceptors (Lipinski definition) is 5. The molecule has 0 bridgehead atoms. The summed E-state index contributed by atoms with van der Waals surface area (Å²) in [5.74, 6) is 0.493. The molecule has 0 radical (unpaired) electrons. The van der Waals surface area contributed by atoms with E-state index in [0.717, 1.165) is 25.9 Å². The lowest BCUT2D eigenvalue weighted by atomic mass is 10.1. The van der Waals surface area contributed by atoms with Gasteiger partial charge in [0.2, 0.25) is 5.91 Å². The predicted octanol–water partition coefficient (Wildman–Crippen LogP) is 1.22. The van der Waals surface area contributed by atoms with Crippen molar-refractivity contribution in [3.05, 3.63) is 58.4 Å². The van der Waals surface area contributed by atoms with E-state index >= 15 is 0 Å². The second-order valence-electron chi connectivity index (χ2n) is 6.78. The van der Waals surface area contributed by atoms with Crippen LogP contribution < -0.4 is 15.8 Å². The number of nitrogens with zero attached hydrogens (tertiary/aromatic N) is 3. The van der Waals surface area contributed by atoms with Crippen LogP contribution in [0.4, 0.5) is 5.82 Å². The van der Waals surface area contributed by atoms with Gasteiger partial charge in [-0.15, -0.1) is 0 Å². The highest BCUT2D eigenvalue weighted by Gasteiger charge is 2.15. The molecule has 1 aromatic heterocycles. The molecule has 0 saturated carbocycles. The highest BCUT2D eigenvalue weighted by Crippen LogP contribution is 2.10. The standard InChI is InChI=1S/C20H26N4O3/c1-16(7-8-17-5-3-2-4-6-17)21-19(25)15-24-20(26)10-9-18(22-24)23-11-13-27-14-12-23/h2-6,9-10,16H,7-8,11-15H2,1H3,(H,21,25). The Labute approximate surface area is 158 Å². The maximum Gasteiger partial charge on any atom is 0.267 e. The first kappa shape index (κ1) is 19.1. The fraction of sp³-hybridized carbons (Fsp3) is 0.450. The summed E-state index contributed by atoms with van der Waals surface area (Å²) in [5.41, 5.74) is 0.966. The average Bonchev–Trinajstić information content (AvgIpc) is 2.69. The van der Waals surface area contributed by atoms with Crippen LogP contribution >= 0.6 is 0 Å². The second-order valence-corrected chi connectivity index (χ2v) is 6.78. The molecule has 1 saturated heterocycles. The van der Waals surface area contributed by atoms with Crippen molar-refractivity contribution in [2.75, 3.05) is 31.2 Å². The number of rotatable bonds is 7. The Balaban J connectivity index is 1.54. The van der Waals surface area contributed by atoms with Gasteiger partial charge in [-0.1, -0.05) is 30.3 Å². The van der Waals surface area contributed by atoms with Crippen molar-refractivity contribution in [3.8, 4) is 0 Å². The minimum atomic E-state index is -0.279. The molecule has 2 heterocycles. The Kier molecular flexibility index (Phi) is 6.59. The second kappa shape index (κ2) is 9.32. The van der Waals surface area contributed by atoms with E-state index in [9.17, 15) is 9.59 Å². The highest BCUT2D eigenvalue weighted by atomic mass is 16.5. The van der Waals surface area contributed by atoms with Crippen LogP contribution in [0.2, 0.25) is 0 Å². The number of amides is 1. The fourth-order valence-electron chi connectivity index (χ4n) is 3.07. The van der Waals surface area contributed by atoms with Gasteiger partial charge in [0.25, 0.3) is 5.56 Å². The molecule has 1 aliphatic heterocycles. The summed E-state index contributed by atoms with van der Waals surface area (Å²) in [6.07, 6.45) is 1.74. The van der Waals surface area contributed by atoms with Gasteiger partial charge in [0.15, 0.2) is 0 Å². The molecule has 1 fully saturated rings. The Morgan fingerprint density at radius 1 is 1.19 bits per heavy atom. The molecule has 144 valence electrons. The number of morpholine rings is 1. The lowest BCUT2D eigenvalue weighted by molar-refractivity contribution is -0.122. The number of carbonyl (C=O) groups is 1. The van der Waals surface area contributed by atoms with E-state index in [1.165, 1.54) is 16.3 Å². The van der Waals surface area contributed by atoms with Crippen LogP contribution in [0.5, 0.6) is 0 Å². The number of nitrogens with one attached hydrogen (secondary N) is 1. The molecule has 3 rings (SSSR count). The van der Waals surface area contributed by atoms with Crippen LogP contribution in [-0.4, -0.2) is 48.0 Å². The van der Waals surface area contributed by atoms with E-state index in [4.69, 9.17) is 4.74 Å².